The van der Waals surface area contributed by atoms with Gasteiger partial charge in [-0.1, -0.05) is 56.0 Å². The van der Waals surface area contributed by atoms with Gasteiger partial charge in [-0.05, 0) is 99.5 Å². The molecule has 13 nitrogen and oxygen atoms in total. The fourth-order valence-electron chi connectivity index (χ4n) is 8.79. The molecule has 3 saturated heterocycles. The molecule has 0 unspecified atom stereocenters. The van der Waals surface area contributed by atoms with Crippen LogP contribution in [0.1, 0.15) is 61.8 Å². The number of hydrogen-bond acceptors (Lipinski definition) is 9. The molecule has 4 amide bonds. The molecule has 0 aromatic heterocycles. The topological polar surface area (TPSA) is 135 Å². The van der Waals surface area contributed by atoms with Crippen molar-refractivity contribution in [2.75, 3.05) is 70.8 Å². The maximum atomic E-state index is 14.2. The monoisotopic (exact) mass is 796 g/mol. The summed E-state index contributed by atoms with van der Waals surface area (Å²) in [5.41, 5.74) is 4.19. The molecule has 0 aliphatic carbocycles. The third-order valence-corrected chi connectivity index (χ3v) is 12.1. The van der Waals surface area contributed by atoms with Gasteiger partial charge in [0.1, 0.15) is 11.5 Å². The van der Waals surface area contributed by atoms with Gasteiger partial charge in [0.05, 0.1) is 6.42 Å². The van der Waals surface area contributed by atoms with Crippen LogP contribution in [0.5, 0.6) is 11.5 Å². The Bertz CT molecular complexity index is 1860. The van der Waals surface area contributed by atoms with E-state index in [2.05, 4.69) is 15.1 Å². The largest absolute Gasteiger partial charge is 0.507 e. The Balaban J connectivity index is 0.00000567. The van der Waals surface area contributed by atoms with Crippen molar-refractivity contribution in [3.05, 3.63) is 89.0 Å². The highest BCUT2D eigenvalue weighted by molar-refractivity contribution is 5.91. The number of phenolic OH excluding ortho intramolecular Hbond substituents is 1. The molecule has 0 spiro atoms. The van der Waals surface area contributed by atoms with E-state index in [9.17, 15) is 24.3 Å². The average molecular weight is 797 g/mol. The lowest BCUT2D eigenvalue weighted by Crippen LogP contribution is -2.56. The normalized spacial score (nSPS) is 19.0. The highest BCUT2D eigenvalue weighted by Crippen LogP contribution is 2.27. The van der Waals surface area contributed by atoms with Crippen LogP contribution in [0.15, 0.2) is 66.7 Å². The molecule has 4 heterocycles. The van der Waals surface area contributed by atoms with E-state index in [4.69, 9.17) is 9.47 Å². The summed E-state index contributed by atoms with van der Waals surface area (Å²) in [4.78, 5) is 63.6. The number of hydrogen-bond donors (Lipinski definition) is 2. The summed E-state index contributed by atoms with van der Waals surface area (Å²) in [6.45, 7) is 10.1. The SMILES string of the molecule is C.Cc1cc(C[C@@H](OC(=O)N2CCC(N3CCc4ccccc4NC3=O)CC2)C(=O)N2CCN(C3CCN(CCC(=O)Oc4ccccc4)CC3)CC2)cc(C)c1O. The summed E-state index contributed by atoms with van der Waals surface area (Å²) >= 11 is 0. The van der Waals surface area contributed by atoms with Crippen LogP contribution in [0, 0.1) is 13.8 Å². The molecule has 4 aliphatic heterocycles. The Morgan fingerprint density at radius 2 is 1.43 bits per heavy atom. The fourth-order valence-corrected chi connectivity index (χ4v) is 8.79. The number of ether oxygens (including phenoxy) is 2. The van der Waals surface area contributed by atoms with Crippen molar-refractivity contribution in [1.29, 1.82) is 0 Å². The molecule has 58 heavy (non-hydrogen) atoms. The van der Waals surface area contributed by atoms with Crippen LogP contribution in [0.4, 0.5) is 15.3 Å². The molecule has 13 heteroatoms. The molecular weight excluding hydrogens is 737 g/mol. The number of anilines is 1. The molecule has 3 aromatic carbocycles. The highest BCUT2D eigenvalue weighted by Gasteiger charge is 2.36. The van der Waals surface area contributed by atoms with Gasteiger partial charge in [-0.15, -0.1) is 0 Å². The molecule has 3 fully saturated rings. The van der Waals surface area contributed by atoms with E-state index < -0.39 is 12.2 Å². The van der Waals surface area contributed by atoms with Crippen molar-refractivity contribution < 1.29 is 33.8 Å². The summed E-state index contributed by atoms with van der Waals surface area (Å²) in [5, 5.41) is 13.5. The number of carbonyl (C=O) groups is 4. The zero-order valence-corrected chi connectivity index (χ0v) is 33.2. The van der Waals surface area contributed by atoms with Crippen LogP contribution in [-0.2, 0) is 27.2 Å². The Hall–Kier alpha value is -5.14. The predicted octanol–water partition coefficient (Wildman–Crippen LogP) is 5.85. The summed E-state index contributed by atoms with van der Waals surface area (Å²) in [6, 6.07) is 21.0. The molecule has 2 N–H and O–H groups in total. The predicted molar refractivity (Wildman–Crippen MR) is 223 cm³/mol. The Labute approximate surface area is 342 Å². The fraction of sp³-hybridized carbons (Fsp3) is 0.511. The van der Waals surface area contributed by atoms with E-state index in [0.29, 0.717) is 81.4 Å². The number of nitrogens with zero attached hydrogens (tertiary/aromatic N) is 5. The van der Waals surface area contributed by atoms with Gasteiger partial charge in [0, 0.05) is 76.5 Å². The van der Waals surface area contributed by atoms with Gasteiger partial charge in [0.2, 0.25) is 0 Å². The van der Waals surface area contributed by atoms with Crippen LogP contribution in [0.3, 0.4) is 0 Å². The second-order valence-corrected chi connectivity index (χ2v) is 15.9. The van der Waals surface area contributed by atoms with Gasteiger partial charge in [-0.2, -0.15) is 0 Å². The average Bonchev–Trinajstić information content (AvgIpc) is 3.40. The molecule has 0 radical (unpaired) electrons. The minimum atomic E-state index is -1.02. The van der Waals surface area contributed by atoms with E-state index >= 15 is 0 Å². The van der Waals surface area contributed by atoms with Crippen LogP contribution >= 0.6 is 0 Å². The first-order valence-corrected chi connectivity index (χ1v) is 20.5. The first kappa shape index (κ1) is 42.5. The number of piperazine rings is 1. The van der Waals surface area contributed by atoms with E-state index in [0.717, 1.165) is 62.3 Å². The lowest BCUT2D eigenvalue weighted by Gasteiger charge is -2.43. The molecule has 312 valence electrons. The summed E-state index contributed by atoms with van der Waals surface area (Å²) in [5.74, 6) is 0.353. The Kier molecular flexibility index (Phi) is 14.3. The molecule has 0 bridgehead atoms. The number of piperidine rings is 2. The number of esters is 1. The van der Waals surface area contributed by atoms with E-state index in [1.165, 1.54) is 0 Å². The van der Waals surface area contributed by atoms with Gasteiger partial charge in [0.25, 0.3) is 5.91 Å². The summed E-state index contributed by atoms with van der Waals surface area (Å²) in [7, 11) is 0. The highest BCUT2D eigenvalue weighted by atomic mass is 16.6. The number of fused-ring (bicyclic) bond motifs is 1. The number of amides is 4. The number of aryl methyl sites for hydroxylation is 2. The number of aromatic hydroxyl groups is 1. The lowest BCUT2D eigenvalue weighted by atomic mass is 10.00. The first-order valence-electron chi connectivity index (χ1n) is 20.5. The molecular formula is C45H60N6O7. The van der Waals surface area contributed by atoms with Crippen LogP contribution in [-0.4, -0.2) is 137 Å². The standard InChI is InChI=1S/C44H56N6O7.CH4/c1-31-28-33(29-32(2)41(31)52)30-39(57-44(55)49-21-15-36(16-22-49)50-23-12-34-8-6-7-11-38(34)45-43(50)54)42(53)48-26-24-47(25-27-48)35-13-18-46(19-14-35)20-17-40(51)56-37-9-4-3-5-10-37;/h3-11,28-29,35-36,39,52H,12-27,30H2,1-2H3,(H,45,54);1H4/t39-;/m1./s1. The van der Waals surface area contributed by atoms with E-state index in [1.54, 1.807) is 17.0 Å². The number of rotatable bonds is 10. The van der Waals surface area contributed by atoms with Crippen molar-refractivity contribution in [2.24, 2.45) is 0 Å². The van der Waals surface area contributed by atoms with Gasteiger partial charge in [-0.3, -0.25) is 14.5 Å². The number of phenols is 1. The number of para-hydroxylation sites is 2. The Morgan fingerprint density at radius 3 is 2.12 bits per heavy atom. The lowest BCUT2D eigenvalue weighted by molar-refractivity contribution is -0.143. The second-order valence-electron chi connectivity index (χ2n) is 15.9. The van der Waals surface area contributed by atoms with Gasteiger partial charge in [-0.25, -0.2) is 9.59 Å². The van der Waals surface area contributed by atoms with Crippen LogP contribution < -0.4 is 10.1 Å². The number of likely N-dealkylation sites (tertiary alicyclic amines) is 2. The molecule has 3 aromatic rings. The second kappa shape index (κ2) is 19.5. The third-order valence-electron chi connectivity index (χ3n) is 12.1. The molecule has 4 aliphatic rings. The minimum absolute atomic E-state index is 0. The number of carbonyl (C=O) groups excluding carboxylic acids is 4. The van der Waals surface area contributed by atoms with Crippen LogP contribution in [0.25, 0.3) is 0 Å². The van der Waals surface area contributed by atoms with E-state index in [-0.39, 0.29) is 43.5 Å². The number of nitrogens with one attached hydrogen (secondary N) is 1. The van der Waals surface area contributed by atoms with Crippen molar-refractivity contribution in [3.63, 3.8) is 0 Å². The first-order chi connectivity index (χ1) is 27.6. The molecule has 7 rings (SSSR count). The quantitative estimate of drug-likeness (QED) is 0.191. The molecule has 1 atom stereocenters. The number of urea groups is 1. The smallest absolute Gasteiger partial charge is 0.410 e. The Morgan fingerprint density at radius 1 is 0.793 bits per heavy atom. The number of benzene rings is 3. The maximum absolute atomic E-state index is 14.2. The third kappa shape index (κ3) is 10.5. The minimum Gasteiger partial charge on any atom is -0.507 e. The summed E-state index contributed by atoms with van der Waals surface area (Å²) in [6.07, 6.45) is 3.01. The van der Waals surface area contributed by atoms with Gasteiger partial charge >= 0.3 is 18.1 Å². The van der Waals surface area contributed by atoms with Crippen molar-refractivity contribution >= 4 is 29.7 Å². The zero-order valence-electron chi connectivity index (χ0n) is 33.2. The molecule has 0 saturated carbocycles. The van der Waals surface area contributed by atoms with Gasteiger partial charge in [0.15, 0.2) is 6.10 Å². The van der Waals surface area contributed by atoms with Crippen LogP contribution in [0.2, 0.25) is 0 Å². The zero-order chi connectivity index (χ0) is 39.9. The van der Waals surface area contributed by atoms with Crippen molar-refractivity contribution in [1.82, 2.24) is 24.5 Å². The summed E-state index contributed by atoms with van der Waals surface area (Å²) < 4.78 is 11.5. The van der Waals surface area contributed by atoms with E-state index in [1.807, 2.05) is 78.2 Å². The van der Waals surface area contributed by atoms with Gasteiger partial charge < -0.3 is 39.5 Å². The van der Waals surface area contributed by atoms with Crippen molar-refractivity contribution in [2.45, 2.75) is 84.4 Å². The van der Waals surface area contributed by atoms with Crippen molar-refractivity contribution in [3.8, 4) is 11.5 Å². The maximum Gasteiger partial charge on any atom is 0.410 e.